The Balaban J connectivity index is 1.87. The lowest BCUT2D eigenvalue weighted by Gasteiger charge is -2.42. The topological polar surface area (TPSA) is 46.3 Å². The Labute approximate surface area is 123 Å². The van der Waals surface area contributed by atoms with Crippen LogP contribution in [-0.4, -0.2) is 35.7 Å². The largest absolute Gasteiger partial charge is 0.341 e. The molecule has 1 saturated heterocycles. The highest BCUT2D eigenvalue weighted by atomic mass is 32.2. The number of amides is 1. The standard InChI is InChI=1S/C15H21FN2OS/c1-15(2)10-18(8-7-13(15)17)14(19)9-20-12-5-3-11(16)4-6-12/h3-6,13H,7-10,17H2,1-2H3. The minimum Gasteiger partial charge on any atom is -0.341 e. The fourth-order valence-electron chi connectivity index (χ4n) is 2.35. The second-order valence-corrected chi connectivity index (χ2v) is 6.99. The third kappa shape index (κ3) is 3.73. The van der Waals surface area contributed by atoms with Crippen LogP contribution in [0.25, 0.3) is 0 Å². The van der Waals surface area contributed by atoms with Gasteiger partial charge in [-0.2, -0.15) is 0 Å². The molecule has 1 aliphatic heterocycles. The van der Waals surface area contributed by atoms with E-state index in [4.69, 9.17) is 5.73 Å². The van der Waals surface area contributed by atoms with E-state index in [2.05, 4.69) is 13.8 Å². The quantitative estimate of drug-likeness (QED) is 0.872. The number of hydrogen-bond acceptors (Lipinski definition) is 3. The molecule has 1 amide bonds. The van der Waals surface area contributed by atoms with Crippen LogP contribution in [-0.2, 0) is 4.79 Å². The Kier molecular flexibility index (Phi) is 4.70. The van der Waals surface area contributed by atoms with E-state index < -0.39 is 0 Å². The van der Waals surface area contributed by atoms with Crippen molar-refractivity contribution in [1.29, 1.82) is 0 Å². The first kappa shape index (κ1) is 15.3. The molecule has 1 aromatic rings. The van der Waals surface area contributed by atoms with Crippen molar-refractivity contribution < 1.29 is 9.18 Å². The first-order valence-corrected chi connectivity index (χ1v) is 7.79. The number of thioether (sulfide) groups is 1. The van der Waals surface area contributed by atoms with Crippen LogP contribution in [0.15, 0.2) is 29.2 Å². The SMILES string of the molecule is CC1(C)CN(C(=O)CSc2ccc(F)cc2)CCC1N. The lowest BCUT2D eigenvalue weighted by atomic mass is 9.80. The zero-order valence-corrected chi connectivity index (χ0v) is 12.8. The number of halogens is 1. The number of likely N-dealkylation sites (tertiary alicyclic amines) is 1. The fraction of sp³-hybridized carbons (Fsp3) is 0.533. The van der Waals surface area contributed by atoms with Crippen LogP contribution >= 0.6 is 11.8 Å². The average molecular weight is 296 g/mol. The molecule has 1 atom stereocenters. The number of hydrogen-bond donors (Lipinski definition) is 1. The van der Waals surface area contributed by atoms with Crippen molar-refractivity contribution in [2.45, 2.75) is 31.2 Å². The molecule has 0 aliphatic carbocycles. The highest BCUT2D eigenvalue weighted by Crippen LogP contribution is 2.28. The molecule has 1 fully saturated rings. The Morgan fingerprint density at radius 1 is 1.45 bits per heavy atom. The zero-order chi connectivity index (χ0) is 14.8. The van der Waals surface area contributed by atoms with Crippen molar-refractivity contribution in [3.8, 4) is 0 Å². The number of nitrogens with zero attached hydrogens (tertiary/aromatic N) is 1. The van der Waals surface area contributed by atoms with Crippen LogP contribution < -0.4 is 5.73 Å². The normalized spacial score (nSPS) is 21.8. The van der Waals surface area contributed by atoms with E-state index >= 15 is 0 Å². The van der Waals surface area contributed by atoms with Gasteiger partial charge in [-0.3, -0.25) is 4.79 Å². The number of carbonyl (C=O) groups excluding carboxylic acids is 1. The Bertz CT molecular complexity index is 475. The summed E-state index contributed by atoms with van der Waals surface area (Å²) in [6, 6.07) is 6.37. The first-order valence-electron chi connectivity index (χ1n) is 6.80. The van der Waals surface area contributed by atoms with Gasteiger partial charge in [-0.15, -0.1) is 11.8 Å². The third-order valence-corrected chi connectivity index (χ3v) is 4.84. The molecule has 1 heterocycles. The molecule has 0 saturated carbocycles. The van der Waals surface area contributed by atoms with Gasteiger partial charge in [0.1, 0.15) is 5.82 Å². The van der Waals surface area contributed by atoms with E-state index in [-0.39, 0.29) is 23.2 Å². The summed E-state index contributed by atoms with van der Waals surface area (Å²) in [5, 5.41) is 0. The summed E-state index contributed by atoms with van der Waals surface area (Å²) in [4.78, 5) is 15.0. The van der Waals surface area contributed by atoms with Gasteiger partial charge in [0.2, 0.25) is 5.91 Å². The molecule has 0 radical (unpaired) electrons. The summed E-state index contributed by atoms with van der Waals surface area (Å²) in [6.07, 6.45) is 0.847. The molecule has 2 N–H and O–H groups in total. The number of carbonyl (C=O) groups is 1. The summed E-state index contributed by atoms with van der Waals surface area (Å²) < 4.78 is 12.8. The van der Waals surface area contributed by atoms with Crippen molar-refractivity contribution in [2.75, 3.05) is 18.8 Å². The molecular weight excluding hydrogens is 275 g/mol. The average Bonchev–Trinajstić information content (AvgIpc) is 2.41. The fourth-order valence-corrected chi connectivity index (χ4v) is 3.16. The van der Waals surface area contributed by atoms with Gasteiger partial charge in [-0.25, -0.2) is 4.39 Å². The molecule has 0 aromatic heterocycles. The molecule has 5 heteroatoms. The third-order valence-electron chi connectivity index (χ3n) is 3.84. The zero-order valence-electron chi connectivity index (χ0n) is 11.9. The molecule has 2 rings (SSSR count). The molecule has 20 heavy (non-hydrogen) atoms. The Morgan fingerprint density at radius 2 is 2.10 bits per heavy atom. The molecule has 110 valence electrons. The van der Waals surface area contributed by atoms with Crippen molar-refractivity contribution in [3.63, 3.8) is 0 Å². The van der Waals surface area contributed by atoms with Gasteiger partial charge in [0.05, 0.1) is 5.75 Å². The molecule has 1 aliphatic rings. The van der Waals surface area contributed by atoms with Gasteiger partial charge in [0.25, 0.3) is 0 Å². The van der Waals surface area contributed by atoms with Crippen LogP contribution in [0.1, 0.15) is 20.3 Å². The predicted molar refractivity (Wildman–Crippen MR) is 80.1 cm³/mol. The van der Waals surface area contributed by atoms with E-state index in [1.54, 1.807) is 12.1 Å². The van der Waals surface area contributed by atoms with Gasteiger partial charge in [-0.05, 0) is 36.1 Å². The highest BCUT2D eigenvalue weighted by molar-refractivity contribution is 8.00. The predicted octanol–water partition coefficient (Wildman–Crippen LogP) is 2.50. The smallest absolute Gasteiger partial charge is 0.232 e. The Morgan fingerprint density at radius 3 is 2.70 bits per heavy atom. The highest BCUT2D eigenvalue weighted by Gasteiger charge is 2.35. The summed E-state index contributed by atoms with van der Waals surface area (Å²) in [7, 11) is 0. The monoisotopic (exact) mass is 296 g/mol. The van der Waals surface area contributed by atoms with Gasteiger partial charge in [-0.1, -0.05) is 13.8 Å². The van der Waals surface area contributed by atoms with E-state index in [9.17, 15) is 9.18 Å². The number of benzene rings is 1. The van der Waals surface area contributed by atoms with Crippen molar-refractivity contribution in [1.82, 2.24) is 4.90 Å². The van der Waals surface area contributed by atoms with Crippen LogP contribution in [0.5, 0.6) is 0 Å². The maximum Gasteiger partial charge on any atom is 0.232 e. The molecule has 3 nitrogen and oxygen atoms in total. The second-order valence-electron chi connectivity index (χ2n) is 5.94. The van der Waals surface area contributed by atoms with Crippen molar-refractivity contribution >= 4 is 17.7 Å². The van der Waals surface area contributed by atoms with Crippen LogP contribution in [0.3, 0.4) is 0 Å². The lowest BCUT2D eigenvalue weighted by Crippen LogP contribution is -2.54. The van der Waals surface area contributed by atoms with Gasteiger partial charge in [0, 0.05) is 24.0 Å². The van der Waals surface area contributed by atoms with Crippen LogP contribution in [0.4, 0.5) is 4.39 Å². The summed E-state index contributed by atoms with van der Waals surface area (Å²) in [6.45, 7) is 5.64. The lowest BCUT2D eigenvalue weighted by molar-refractivity contribution is -0.131. The van der Waals surface area contributed by atoms with Gasteiger partial charge >= 0.3 is 0 Å². The molecular formula is C15H21FN2OS. The molecule has 1 aromatic carbocycles. The maximum absolute atomic E-state index is 12.8. The minimum atomic E-state index is -0.257. The van der Waals surface area contributed by atoms with Crippen LogP contribution in [0.2, 0.25) is 0 Å². The summed E-state index contributed by atoms with van der Waals surface area (Å²) in [5.41, 5.74) is 6.04. The maximum atomic E-state index is 12.8. The second kappa shape index (κ2) is 6.14. The van der Waals surface area contributed by atoms with Crippen LogP contribution in [0, 0.1) is 11.2 Å². The van der Waals surface area contributed by atoms with E-state index in [1.165, 1.54) is 23.9 Å². The molecule has 0 bridgehead atoms. The number of rotatable bonds is 3. The number of piperidine rings is 1. The van der Waals surface area contributed by atoms with Crippen molar-refractivity contribution in [2.24, 2.45) is 11.1 Å². The van der Waals surface area contributed by atoms with Crippen molar-refractivity contribution in [3.05, 3.63) is 30.1 Å². The van der Waals surface area contributed by atoms with E-state index in [1.807, 2.05) is 4.90 Å². The minimum absolute atomic E-state index is 0.0333. The number of nitrogens with two attached hydrogens (primary N) is 1. The Hall–Kier alpha value is -1.07. The summed E-state index contributed by atoms with van der Waals surface area (Å²) in [5.74, 6) is 0.253. The molecule has 0 spiro atoms. The van der Waals surface area contributed by atoms with E-state index in [0.29, 0.717) is 12.3 Å². The van der Waals surface area contributed by atoms with Gasteiger partial charge in [0.15, 0.2) is 0 Å². The molecule has 1 unspecified atom stereocenters. The van der Waals surface area contributed by atoms with Gasteiger partial charge < -0.3 is 10.6 Å². The first-order chi connectivity index (χ1) is 9.38. The summed E-state index contributed by atoms with van der Waals surface area (Å²) >= 11 is 1.44. The van der Waals surface area contributed by atoms with E-state index in [0.717, 1.165) is 17.9 Å².